The van der Waals surface area contributed by atoms with Crippen LogP contribution in [0.2, 0.25) is 0 Å². The Hall–Kier alpha value is -0.380. The summed E-state index contributed by atoms with van der Waals surface area (Å²) in [4.78, 5) is 3.96. The average molecular weight is 226 g/mol. The van der Waals surface area contributed by atoms with Crippen molar-refractivity contribution < 1.29 is 0 Å². The van der Waals surface area contributed by atoms with Crippen LogP contribution in [0.3, 0.4) is 0 Å². The van der Waals surface area contributed by atoms with E-state index in [1.54, 1.807) is 0 Å². The topological polar surface area (TPSA) is 15.3 Å². The van der Waals surface area contributed by atoms with E-state index in [1.807, 2.05) is 18.4 Å². The summed E-state index contributed by atoms with van der Waals surface area (Å²) in [6.45, 7) is 8.92. The average Bonchev–Trinajstić information content (AvgIpc) is 2.69. The number of rotatable bonds is 6. The predicted molar refractivity (Wildman–Crippen MR) is 68.4 cm³/mol. The van der Waals surface area contributed by atoms with Gasteiger partial charge in [0, 0.05) is 30.1 Å². The first-order valence-electron chi connectivity index (χ1n) is 5.57. The summed E-state index contributed by atoms with van der Waals surface area (Å²) in [5, 5.41) is 5.44. The minimum atomic E-state index is 0.548. The zero-order chi connectivity index (χ0) is 11.3. The highest BCUT2D eigenvalue weighted by Gasteiger charge is 2.13. The molecule has 0 aliphatic rings. The normalized spacial score (nSPS) is 13.7. The van der Waals surface area contributed by atoms with Gasteiger partial charge in [-0.25, -0.2) is 0 Å². The van der Waals surface area contributed by atoms with Crippen LogP contribution in [0.1, 0.15) is 25.6 Å². The van der Waals surface area contributed by atoms with E-state index < -0.39 is 0 Å². The fraction of sp³-hybridized carbons (Fsp3) is 0.667. The molecule has 1 aromatic heterocycles. The Morgan fingerprint density at radius 2 is 2.13 bits per heavy atom. The van der Waals surface area contributed by atoms with E-state index in [2.05, 4.69) is 48.5 Å². The van der Waals surface area contributed by atoms with Gasteiger partial charge in [-0.05, 0) is 39.3 Å². The van der Waals surface area contributed by atoms with E-state index in [1.165, 1.54) is 4.88 Å². The van der Waals surface area contributed by atoms with Crippen molar-refractivity contribution in [2.75, 3.05) is 13.6 Å². The first-order valence-corrected chi connectivity index (χ1v) is 6.45. The summed E-state index contributed by atoms with van der Waals surface area (Å²) < 4.78 is 0. The SMILES string of the molecule is CNC(C)CN(Cc1cccs1)C(C)C. The number of hydrogen-bond donors (Lipinski definition) is 1. The monoisotopic (exact) mass is 226 g/mol. The molecule has 1 aromatic rings. The fourth-order valence-corrected chi connectivity index (χ4v) is 2.23. The lowest BCUT2D eigenvalue weighted by Crippen LogP contribution is -2.40. The van der Waals surface area contributed by atoms with Crippen LogP contribution >= 0.6 is 11.3 Å². The number of hydrogen-bond acceptors (Lipinski definition) is 3. The molecule has 0 radical (unpaired) electrons. The summed E-state index contributed by atoms with van der Waals surface area (Å²) in [6, 6.07) is 5.49. The Labute approximate surface area is 97.3 Å². The lowest BCUT2D eigenvalue weighted by molar-refractivity contribution is 0.197. The van der Waals surface area contributed by atoms with Gasteiger partial charge in [0.1, 0.15) is 0 Å². The van der Waals surface area contributed by atoms with Crippen molar-refractivity contribution >= 4 is 11.3 Å². The van der Waals surface area contributed by atoms with Crippen molar-refractivity contribution in [1.82, 2.24) is 10.2 Å². The van der Waals surface area contributed by atoms with Crippen LogP contribution in [0.4, 0.5) is 0 Å². The number of thiophene rings is 1. The number of likely N-dealkylation sites (N-methyl/N-ethyl adjacent to an activating group) is 1. The van der Waals surface area contributed by atoms with Crippen molar-refractivity contribution in [3.05, 3.63) is 22.4 Å². The third-order valence-corrected chi connectivity index (χ3v) is 3.53. The molecule has 0 aliphatic heterocycles. The fourth-order valence-electron chi connectivity index (χ4n) is 1.50. The Morgan fingerprint density at radius 3 is 2.60 bits per heavy atom. The highest BCUT2D eigenvalue weighted by Crippen LogP contribution is 2.14. The van der Waals surface area contributed by atoms with Gasteiger partial charge in [-0.3, -0.25) is 4.90 Å². The Balaban J connectivity index is 2.51. The molecule has 0 fully saturated rings. The van der Waals surface area contributed by atoms with Crippen LogP contribution in [0, 0.1) is 0 Å². The van der Waals surface area contributed by atoms with Gasteiger partial charge in [0.05, 0.1) is 0 Å². The summed E-state index contributed by atoms with van der Waals surface area (Å²) in [5.74, 6) is 0. The minimum Gasteiger partial charge on any atom is -0.316 e. The molecule has 1 unspecified atom stereocenters. The van der Waals surface area contributed by atoms with Gasteiger partial charge in [0.25, 0.3) is 0 Å². The second-order valence-corrected chi connectivity index (χ2v) is 5.32. The van der Waals surface area contributed by atoms with Crippen LogP contribution in [-0.4, -0.2) is 30.6 Å². The molecule has 1 N–H and O–H groups in total. The second-order valence-electron chi connectivity index (χ2n) is 4.29. The molecule has 86 valence electrons. The largest absolute Gasteiger partial charge is 0.316 e. The van der Waals surface area contributed by atoms with Crippen LogP contribution in [0.25, 0.3) is 0 Å². The van der Waals surface area contributed by atoms with Crippen molar-refractivity contribution in [3.8, 4) is 0 Å². The van der Waals surface area contributed by atoms with Crippen LogP contribution in [0.15, 0.2) is 17.5 Å². The van der Waals surface area contributed by atoms with Crippen LogP contribution in [0.5, 0.6) is 0 Å². The van der Waals surface area contributed by atoms with E-state index in [9.17, 15) is 0 Å². The summed E-state index contributed by atoms with van der Waals surface area (Å²) in [6.07, 6.45) is 0. The smallest absolute Gasteiger partial charge is 0.0331 e. The van der Waals surface area contributed by atoms with Gasteiger partial charge in [0.15, 0.2) is 0 Å². The zero-order valence-electron chi connectivity index (χ0n) is 10.2. The first-order chi connectivity index (χ1) is 7.13. The second kappa shape index (κ2) is 6.26. The van der Waals surface area contributed by atoms with Gasteiger partial charge in [-0.1, -0.05) is 6.07 Å². The molecule has 1 heterocycles. The quantitative estimate of drug-likeness (QED) is 0.802. The van der Waals surface area contributed by atoms with Crippen molar-refractivity contribution in [2.45, 2.75) is 39.4 Å². The molecule has 1 rings (SSSR count). The standard InChI is InChI=1S/C12H22N2S/c1-10(2)14(8-11(3)13-4)9-12-6-5-7-15-12/h5-7,10-11,13H,8-9H2,1-4H3. The Bertz CT molecular complexity index is 257. The molecule has 0 aromatic carbocycles. The van der Waals surface area contributed by atoms with Gasteiger partial charge >= 0.3 is 0 Å². The zero-order valence-corrected chi connectivity index (χ0v) is 11.0. The molecule has 2 nitrogen and oxygen atoms in total. The van der Waals surface area contributed by atoms with Crippen molar-refractivity contribution in [2.24, 2.45) is 0 Å². The van der Waals surface area contributed by atoms with E-state index in [0.717, 1.165) is 13.1 Å². The van der Waals surface area contributed by atoms with Gasteiger partial charge in [0.2, 0.25) is 0 Å². The highest BCUT2D eigenvalue weighted by molar-refractivity contribution is 7.09. The summed E-state index contributed by atoms with van der Waals surface area (Å²) in [7, 11) is 2.02. The van der Waals surface area contributed by atoms with Gasteiger partial charge < -0.3 is 5.32 Å². The number of nitrogens with one attached hydrogen (secondary N) is 1. The van der Waals surface area contributed by atoms with E-state index in [0.29, 0.717) is 12.1 Å². The predicted octanol–water partition coefficient (Wildman–Crippen LogP) is 2.57. The summed E-state index contributed by atoms with van der Waals surface area (Å²) >= 11 is 1.84. The van der Waals surface area contributed by atoms with Crippen LogP contribution < -0.4 is 5.32 Å². The number of nitrogens with zero attached hydrogens (tertiary/aromatic N) is 1. The summed E-state index contributed by atoms with van der Waals surface area (Å²) in [5.41, 5.74) is 0. The first kappa shape index (κ1) is 12.7. The van der Waals surface area contributed by atoms with E-state index in [-0.39, 0.29) is 0 Å². The molecule has 0 amide bonds. The lowest BCUT2D eigenvalue weighted by atomic mass is 10.2. The van der Waals surface area contributed by atoms with Crippen molar-refractivity contribution in [1.29, 1.82) is 0 Å². The molecule has 0 saturated carbocycles. The molecule has 0 saturated heterocycles. The Kier molecular flexibility index (Phi) is 5.29. The molecular weight excluding hydrogens is 204 g/mol. The molecule has 1 atom stereocenters. The van der Waals surface area contributed by atoms with Crippen LogP contribution in [-0.2, 0) is 6.54 Å². The molecule has 0 aliphatic carbocycles. The molecule has 15 heavy (non-hydrogen) atoms. The highest BCUT2D eigenvalue weighted by atomic mass is 32.1. The third kappa shape index (κ3) is 4.33. The molecule has 0 bridgehead atoms. The van der Waals surface area contributed by atoms with E-state index >= 15 is 0 Å². The Morgan fingerprint density at radius 1 is 1.40 bits per heavy atom. The minimum absolute atomic E-state index is 0.548. The molecular formula is C12H22N2S. The third-order valence-electron chi connectivity index (χ3n) is 2.67. The maximum Gasteiger partial charge on any atom is 0.0331 e. The van der Waals surface area contributed by atoms with Gasteiger partial charge in [-0.2, -0.15) is 0 Å². The van der Waals surface area contributed by atoms with Gasteiger partial charge in [-0.15, -0.1) is 11.3 Å². The maximum atomic E-state index is 3.29. The van der Waals surface area contributed by atoms with Crippen molar-refractivity contribution in [3.63, 3.8) is 0 Å². The lowest BCUT2D eigenvalue weighted by Gasteiger charge is -2.28. The maximum absolute atomic E-state index is 3.29. The molecule has 0 spiro atoms. The van der Waals surface area contributed by atoms with E-state index in [4.69, 9.17) is 0 Å². The molecule has 3 heteroatoms.